The Labute approximate surface area is 140 Å². The molecule has 1 fully saturated rings. The van der Waals surface area contributed by atoms with E-state index < -0.39 is 0 Å². The minimum absolute atomic E-state index is 0.0128. The summed E-state index contributed by atoms with van der Waals surface area (Å²) < 4.78 is 2.00. The summed E-state index contributed by atoms with van der Waals surface area (Å²) in [5.74, 6) is 0. The quantitative estimate of drug-likeness (QED) is 0.803. The molecule has 1 aliphatic heterocycles. The van der Waals surface area contributed by atoms with Crippen LogP contribution in [-0.2, 0) is 6.42 Å². The highest BCUT2D eigenvalue weighted by Gasteiger charge is 2.32. The molecule has 1 N–H and O–H groups in total. The number of carbonyl (C=O) groups excluding carboxylic acids is 1. The molecule has 3 heterocycles. The van der Waals surface area contributed by atoms with E-state index in [-0.39, 0.29) is 12.1 Å². The molecule has 1 unspecified atom stereocenters. The van der Waals surface area contributed by atoms with Gasteiger partial charge in [-0.25, -0.2) is 9.78 Å². The van der Waals surface area contributed by atoms with Crippen molar-refractivity contribution in [3.8, 4) is 0 Å². The number of pyridine rings is 1. The standard InChI is InChI=1S/C19H20N4O/c24-19(23-13-10-17(23)15-6-2-1-3-7-15)20-11-9-16-14-22-12-5-4-8-18(22)21-16/h1-8,12,14,17H,9-11,13H2,(H,20,24). The van der Waals surface area contributed by atoms with E-state index in [0.29, 0.717) is 6.54 Å². The van der Waals surface area contributed by atoms with Gasteiger partial charge in [-0.1, -0.05) is 36.4 Å². The van der Waals surface area contributed by atoms with Crippen molar-refractivity contribution in [3.63, 3.8) is 0 Å². The Morgan fingerprint density at radius 1 is 1.17 bits per heavy atom. The van der Waals surface area contributed by atoms with Crippen LogP contribution in [0.1, 0.15) is 23.7 Å². The molecule has 1 aliphatic rings. The highest BCUT2D eigenvalue weighted by Crippen LogP contribution is 2.32. The van der Waals surface area contributed by atoms with Gasteiger partial charge in [0.25, 0.3) is 0 Å². The fraction of sp³-hybridized carbons (Fsp3) is 0.263. The number of hydrogen-bond acceptors (Lipinski definition) is 2. The van der Waals surface area contributed by atoms with Crippen molar-refractivity contribution in [3.05, 3.63) is 72.2 Å². The number of nitrogens with one attached hydrogen (secondary N) is 1. The molecule has 2 aromatic heterocycles. The van der Waals surface area contributed by atoms with E-state index >= 15 is 0 Å². The zero-order valence-electron chi connectivity index (χ0n) is 13.4. The highest BCUT2D eigenvalue weighted by atomic mass is 16.2. The predicted molar refractivity (Wildman–Crippen MR) is 92.8 cm³/mol. The lowest BCUT2D eigenvalue weighted by atomic mass is 9.95. The Balaban J connectivity index is 1.32. The summed E-state index contributed by atoms with van der Waals surface area (Å²) in [5.41, 5.74) is 3.13. The summed E-state index contributed by atoms with van der Waals surface area (Å²) in [4.78, 5) is 18.8. The molecule has 122 valence electrons. The molecule has 1 aromatic carbocycles. The van der Waals surface area contributed by atoms with Crippen LogP contribution in [0.15, 0.2) is 60.9 Å². The van der Waals surface area contributed by atoms with E-state index in [9.17, 15) is 4.79 Å². The van der Waals surface area contributed by atoms with E-state index in [2.05, 4.69) is 22.4 Å². The van der Waals surface area contributed by atoms with Gasteiger partial charge in [0.05, 0.1) is 11.7 Å². The van der Waals surface area contributed by atoms with Gasteiger partial charge in [0.15, 0.2) is 0 Å². The number of rotatable bonds is 4. The van der Waals surface area contributed by atoms with E-state index in [1.165, 1.54) is 5.56 Å². The largest absolute Gasteiger partial charge is 0.338 e. The zero-order valence-corrected chi connectivity index (χ0v) is 13.4. The lowest BCUT2D eigenvalue weighted by Crippen LogP contribution is -2.50. The fourth-order valence-electron chi connectivity index (χ4n) is 3.16. The second-order valence-corrected chi connectivity index (χ2v) is 6.09. The first-order chi connectivity index (χ1) is 11.8. The lowest BCUT2D eigenvalue weighted by Gasteiger charge is -2.41. The van der Waals surface area contributed by atoms with Crippen LogP contribution >= 0.6 is 0 Å². The average molecular weight is 320 g/mol. The molecule has 3 aromatic rings. The highest BCUT2D eigenvalue weighted by molar-refractivity contribution is 5.75. The maximum atomic E-state index is 12.4. The van der Waals surface area contributed by atoms with Crippen molar-refractivity contribution in [2.24, 2.45) is 0 Å². The van der Waals surface area contributed by atoms with E-state index in [1.54, 1.807) is 0 Å². The first kappa shape index (κ1) is 14.8. The van der Waals surface area contributed by atoms with Crippen LogP contribution in [0.2, 0.25) is 0 Å². The number of urea groups is 1. The number of aromatic nitrogens is 2. The van der Waals surface area contributed by atoms with Crippen molar-refractivity contribution >= 4 is 11.7 Å². The van der Waals surface area contributed by atoms with Crippen LogP contribution in [-0.4, -0.2) is 33.4 Å². The van der Waals surface area contributed by atoms with Crippen molar-refractivity contribution < 1.29 is 4.79 Å². The monoisotopic (exact) mass is 320 g/mol. The fourth-order valence-corrected chi connectivity index (χ4v) is 3.16. The minimum Gasteiger partial charge on any atom is -0.338 e. The van der Waals surface area contributed by atoms with Gasteiger partial charge in [0.1, 0.15) is 5.65 Å². The number of nitrogens with zero attached hydrogens (tertiary/aromatic N) is 3. The van der Waals surface area contributed by atoms with Gasteiger partial charge in [-0.3, -0.25) is 0 Å². The topological polar surface area (TPSA) is 49.6 Å². The van der Waals surface area contributed by atoms with Crippen LogP contribution in [0.5, 0.6) is 0 Å². The first-order valence-corrected chi connectivity index (χ1v) is 8.33. The number of amides is 2. The third-order valence-electron chi connectivity index (χ3n) is 4.54. The Kier molecular flexibility index (Phi) is 3.91. The molecule has 0 saturated carbocycles. The summed E-state index contributed by atoms with van der Waals surface area (Å²) in [6, 6.07) is 16.4. The summed E-state index contributed by atoms with van der Waals surface area (Å²) in [6.07, 6.45) is 5.76. The molecule has 0 aliphatic carbocycles. The molecule has 0 radical (unpaired) electrons. The Hall–Kier alpha value is -2.82. The van der Waals surface area contributed by atoms with Crippen molar-refractivity contribution in [1.29, 1.82) is 0 Å². The molecule has 0 bridgehead atoms. The molecule has 1 saturated heterocycles. The van der Waals surface area contributed by atoms with Crippen LogP contribution in [0.25, 0.3) is 5.65 Å². The van der Waals surface area contributed by atoms with Gasteiger partial charge in [0, 0.05) is 31.9 Å². The van der Waals surface area contributed by atoms with Crippen molar-refractivity contribution in [2.75, 3.05) is 13.1 Å². The van der Waals surface area contributed by atoms with E-state index in [4.69, 9.17) is 0 Å². The number of benzene rings is 1. The molecule has 5 heteroatoms. The maximum absolute atomic E-state index is 12.4. The van der Waals surface area contributed by atoms with Gasteiger partial charge in [-0.15, -0.1) is 0 Å². The molecule has 24 heavy (non-hydrogen) atoms. The smallest absolute Gasteiger partial charge is 0.317 e. The van der Waals surface area contributed by atoms with Gasteiger partial charge >= 0.3 is 6.03 Å². The zero-order chi connectivity index (χ0) is 16.4. The Morgan fingerprint density at radius 2 is 2.00 bits per heavy atom. The van der Waals surface area contributed by atoms with Crippen LogP contribution < -0.4 is 5.32 Å². The third-order valence-corrected chi connectivity index (χ3v) is 4.54. The molecular formula is C19H20N4O. The molecular weight excluding hydrogens is 300 g/mol. The maximum Gasteiger partial charge on any atom is 0.317 e. The summed E-state index contributed by atoms with van der Waals surface area (Å²) in [5, 5.41) is 3.01. The number of imidazole rings is 1. The van der Waals surface area contributed by atoms with Gasteiger partial charge < -0.3 is 14.6 Å². The van der Waals surface area contributed by atoms with Gasteiger partial charge in [-0.2, -0.15) is 0 Å². The Morgan fingerprint density at radius 3 is 2.75 bits per heavy atom. The number of carbonyl (C=O) groups is 1. The summed E-state index contributed by atoms with van der Waals surface area (Å²) in [6.45, 7) is 1.42. The SMILES string of the molecule is O=C(NCCc1cn2ccccc2n1)N1CCC1c1ccccc1. The molecule has 1 atom stereocenters. The van der Waals surface area contributed by atoms with E-state index in [1.807, 2.05) is 58.1 Å². The average Bonchev–Trinajstić information content (AvgIpc) is 2.97. The van der Waals surface area contributed by atoms with Gasteiger partial charge in [-0.05, 0) is 24.1 Å². The Bertz CT molecular complexity index is 810. The second-order valence-electron chi connectivity index (χ2n) is 6.09. The van der Waals surface area contributed by atoms with Crippen LogP contribution in [0.4, 0.5) is 4.79 Å². The summed E-state index contributed by atoms with van der Waals surface area (Å²) in [7, 11) is 0. The predicted octanol–water partition coefficient (Wildman–Crippen LogP) is 3.03. The molecule has 0 spiro atoms. The van der Waals surface area contributed by atoms with Crippen LogP contribution in [0, 0.1) is 0 Å². The third kappa shape index (κ3) is 2.85. The minimum atomic E-state index is 0.0128. The van der Waals surface area contributed by atoms with Crippen LogP contribution in [0.3, 0.4) is 0 Å². The normalized spacial score (nSPS) is 16.8. The lowest BCUT2D eigenvalue weighted by molar-refractivity contribution is 0.115. The number of likely N-dealkylation sites (tertiary alicyclic amines) is 1. The number of hydrogen-bond donors (Lipinski definition) is 1. The number of fused-ring (bicyclic) bond motifs is 1. The molecule has 2 amide bonds. The molecule has 4 rings (SSSR count). The van der Waals surface area contributed by atoms with Crippen molar-refractivity contribution in [1.82, 2.24) is 19.6 Å². The van der Waals surface area contributed by atoms with Gasteiger partial charge in [0.2, 0.25) is 0 Å². The second kappa shape index (κ2) is 6.35. The first-order valence-electron chi connectivity index (χ1n) is 8.33. The van der Waals surface area contributed by atoms with Crippen molar-refractivity contribution in [2.45, 2.75) is 18.9 Å². The molecule has 5 nitrogen and oxygen atoms in total. The summed E-state index contributed by atoms with van der Waals surface area (Å²) >= 11 is 0. The van der Waals surface area contributed by atoms with E-state index in [0.717, 1.165) is 30.7 Å².